The number of rotatable bonds is 3. The predicted octanol–water partition coefficient (Wildman–Crippen LogP) is 2.70. The Kier molecular flexibility index (Phi) is 3.65. The minimum absolute atomic E-state index is 0.133. The highest BCUT2D eigenvalue weighted by Crippen LogP contribution is 2.30. The number of oxime groups is 1. The van der Waals surface area contributed by atoms with Crippen molar-refractivity contribution in [1.82, 2.24) is 4.98 Å². The average Bonchev–Trinajstić information content (AvgIpc) is 2.81. The monoisotopic (exact) mass is 265 g/mol. The van der Waals surface area contributed by atoms with Crippen LogP contribution in [0.5, 0.6) is 0 Å². The maximum atomic E-state index is 8.64. The number of benzene rings is 1. The van der Waals surface area contributed by atoms with Crippen LogP contribution in [0.2, 0.25) is 0 Å². The van der Waals surface area contributed by atoms with E-state index in [-0.39, 0.29) is 5.84 Å². The van der Waals surface area contributed by atoms with Gasteiger partial charge in [-0.2, -0.15) is 0 Å². The number of hydrogen-bond acceptors (Lipinski definition) is 5. The van der Waals surface area contributed by atoms with Crippen LogP contribution in [0.25, 0.3) is 0 Å². The van der Waals surface area contributed by atoms with Crippen molar-refractivity contribution in [3.05, 3.63) is 40.9 Å². The number of aryl methyl sites for hydroxylation is 1. The van der Waals surface area contributed by atoms with Gasteiger partial charge in [-0.3, -0.25) is 0 Å². The molecule has 3 N–H and O–H groups in total. The molecule has 0 aliphatic heterocycles. The molecule has 4 nitrogen and oxygen atoms in total. The van der Waals surface area contributed by atoms with E-state index in [1.54, 1.807) is 29.3 Å². The molecule has 0 aliphatic rings. The number of hydrogen-bond donors (Lipinski definition) is 2. The van der Waals surface area contributed by atoms with E-state index in [1.165, 1.54) is 0 Å². The van der Waals surface area contributed by atoms with Crippen LogP contribution in [0.4, 0.5) is 0 Å². The quantitative estimate of drug-likeness (QED) is 0.387. The molecule has 2 aromatic rings. The number of nitrogens with zero attached hydrogens (tertiary/aromatic N) is 2. The third-order valence-electron chi connectivity index (χ3n) is 2.20. The molecule has 0 aliphatic carbocycles. The van der Waals surface area contributed by atoms with Gasteiger partial charge in [0, 0.05) is 22.0 Å². The first-order valence-corrected chi connectivity index (χ1v) is 6.56. The number of thiazole rings is 1. The minimum atomic E-state index is 0.133. The fourth-order valence-corrected chi connectivity index (χ4v) is 3.10. The molecule has 0 radical (unpaired) electrons. The second kappa shape index (κ2) is 5.20. The van der Waals surface area contributed by atoms with E-state index in [9.17, 15) is 0 Å². The molecular formula is C11H11N3OS2. The van der Waals surface area contributed by atoms with Gasteiger partial charge in [-0.15, -0.1) is 11.3 Å². The molecule has 0 saturated carbocycles. The van der Waals surface area contributed by atoms with Crippen molar-refractivity contribution < 1.29 is 5.21 Å². The summed E-state index contributed by atoms with van der Waals surface area (Å²) in [5.74, 6) is 0.133. The van der Waals surface area contributed by atoms with Crippen molar-refractivity contribution >= 4 is 28.9 Å². The highest BCUT2D eigenvalue weighted by atomic mass is 32.2. The van der Waals surface area contributed by atoms with E-state index in [1.807, 2.05) is 30.5 Å². The van der Waals surface area contributed by atoms with Gasteiger partial charge in [0.05, 0.1) is 0 Å². The lowest BCUT2D eigenvalue weighted by Crippen LogP contribution is -2.14. The lowest BCUT2D eigenvalue weighted by molar-refractivity contribution is 0.318. The lowest BCUT2D eigenvalue weighted by Gasteiger charge is -2.05. The standard InChI is InChI=1S/C11H11N3OS2/c1-7-6-8(17-11-13-4-5-16-11)2-3-9(7)10(12)14-15/h2-6,15H,1H3,(H2,12,14). The van der Waals surface area contributed by atoms with Crippen LogP contribution in [0, 0.1) is 6.92 Å². The molecule has 88 valence electrons. The Hall–Kier alpha value is -1.53. The second-order valence-electron chi connectivity index (χ2n) is 3.36. The number of aromatic nitrogens is 1. The van der Waals surface area contributed by atoms with Crippen molar-refractivity contribution in [2.75, 3.05) is 0 Å². The van der Waals surface area contributed by atoms with E-state index >= 15 is 0 Å². The zero-order valence-corrected chi connectivity index (χ0v) is 10.8. The van der Waals surface area contributed by atoms with Crippen molar-refractivity contribution in [3.63, 3.8) is 0 Å². The van der Waals surface area contributed by atoms with Crippen LogP contribution >= 0.6 is 23.1 Å². The molecule has 1 aromatic heterocycles. The SMILES string of the molecule is Cc1cc(Sc2nccs2)ccc1/C(N)=N/O. The first-order valence-electron chi connectivity index (χ1n) is 4.86. The van der Waals surface area contributed by atoms with Gasteiger partial charge in [0.15, 0.2) is 10.2 Å². The molecule has 0 fully saturated rings. The van der Waals surface area contributed by atoms with Gasteiger partial charge in [-0.1, -0.05) is 16.9 Å². The molecule has 0 spiro atoms. The zero-order valence-electron chi connectivity index (χ0n) is 9.12. The smallest absolute Gasteiger partial charge is 0.170 e. The third-order valence-corrected chi connectivity index (χ3v) is 4.07. The summed E-state index contributed by atoms with van der Waals surface area (Å²) >= 11 is 3.20. The molecule has 0 bridgehead atoms. The van der Waals surface area contributed by atoms with E-state index in [0.717, 1.165) is 20.4 Å². The summed E-state index contributed by atoms with van der Waals surface area (Å²) in [6.07, 6.45) is 1.78. The average molecular weight is 265 g/mol. The highest BCUT2D eigenvalue weighted by molar-refractivity contribution is 8.01. The Balaban J connectivity index is 2.25. The molecule has 0 unspecified atom stereocenters. The summed E-state index contributed by atoms with van der Waals surface area (Å²) in [5.41, 5.74) is 7.28. The minimum Gasteiger partial charge on any atom is -0.409 e. The molecule has 1 aromatic carbocycles. The summed E-state index contributed by atoms with van der Waals surface area (Å²) in [6.45, 7) is 1.93. The normalized spacial score (nSPS) is 11.7. The Morgan fingerprint density at radius 1 is 1.53 bits per heavy atom. The van der Waals surface area contributed by atoms with Gasteiger partial charge in [0.1, 0.15) is 0 Å². The van der Waals surface area contributed by atoms with Crippen LogP contribution in [0.1, 0.15) is 11.1 Å². The van der Waals surface area contributed by atoms with Gasteiger partial charge in [0.2, 0.25) is 0 Å². The van der Waals surface area contributed by atoms with Gasteiger partial charge in [0.25, 0.3) is 0 Å². The molecule has 0 amide bonds. The van der Waals surface area contributed by atoms with Crippen LogP contribution in [0.3, 0.4) is 0 Å². The molecule has 6 heteroatoms. The van der Waals surface area contributed by atoms with Crippen LogP contribution in [-0.2, 0) is 0 Å². The maximum Gasteiger partial charge on any atom is 0.170 e. The summed E-state index contributed by atoms with van der Waals surface area (Å²) in [7, 11) is 0. The van der Waals surface area contributed by atoms with Crippen LogP contribution < -0.4 is 5.73 Å². The molecular weight excluding hydrogens is 254 g/mol. The van der Waals surface area contributed by atoms with Crippen molar-refractivity contribution in [2.24, 2.45) is 10.9 Å². The van der Waals surface area contributed by atoms with Gasteiger partial charge in [-0.05, 0) is 30.7 Å². The number of amidine groups is 1. The maximum absolute atomic E-state index is 8.64. The van der Waals surface area contributed by atoms with Crippen LogP contribution in [-0.4, -0.2) is 16.0 Å². The molecule has 17 heavy (non-hydrogen) atoms. The Morgan fingerprint density at radius 2 is 2.35 bits per heavy atom. The summed E-state index contributed by atoms with van der Waals surface area (Å²) in [5, 5.41) is 13.6. The predicted molar refractivity (Wildman–Crippen MR) is 69.9 cm³/mol. The van der Waals surface area contributed by atoms with E-state index in [0.29, 0.717) is 0 Å². The first-order chi connectivity index (χ1) is 8.20. The molecule has 0 saturated heterocycles. The van der Waals surface area contributed by atoms with Crippen molar-refractivity contribution in [2.45, 2.75) is 16.2 Å². The van der Waals surface area contributed by atoms with E-state index in [2.05, 4.69) is 10.1 Å². The number of nitrogens with two attached hydrogens (primary N) is 1. The fourth-order valence-electron chi connectivity index (χ4n) is 1.40. The first kappa shape index (κ1) is 11.9. The Labute approximate surface area is 107 Å². The Morgan fingerprint density at radius 3 is 2.94 bits per heavy atom. The molecule has 1 heterocycles. The van der Waals surface area contributed by atoms with E-state index in [4.69, 9.17) is 10.9 Å². The lowest BCUT2D eigenvalue weighted by atomic mass is 10.1. The van der Waals surface area contributed by atoms with Crippen molar-refractivity contribution in [1.29, 1.82) is 0 Å². The second-order valence-corrected chi connectivity index (χ2v) is 5.58. The summed E-state index contributed by atoms with van der Waals surface area (Å²) in [4.78, 5) is 5.30. The zero-order chi connectivity index (χ0) is 12.3. The van der Waals surface area contributed by atoms with Gasteiger partial charge < -0.3 is 10.9 Å². The highest BCUT2D eigenvalue weighted by Gasteiger charge is 2.06. The fraction of sp³-hybridized carbons (Fsp3) is 0.0909. The van der Waals surface area contributed by atoms with Crippen LogP contribution in [0.15, 0.2) is 44.2 Å². The van der Waals surface area contributed by atoms with Gasteiger partial charge >= 0.3 is 0 Å². The summed E-state index contributed by atoms with van der Waals surface area (Å²) < 4.78 is 1.00. The Bertz CT molecular complexity index is 538. The molecule has 2 rings (SSSR count). The third kappa shape index (κ3) is 2.78. The van der Waals surface area contributed by atoms with Gasteiger partial charge in [-0.25, -0.2) is 4.98 Å². The topological polar surface area (TPSA) is 71.5 Å². The van der Waals surface area contributed by atoms with Crippen molar-refractivity contribution in [3.8, 4) is 0 Å². The van der Waals surface area contributed by atoms with E-state index < -0.39 is 0 Å². The summed E-state index contributed by atoms with van der Waals surface area (Å²) in [6, 6.07) is 5.78. The largest absolute Gasteiger partial charge is 0.409 e. The molecule has 0 atom stereocenters.